The van der Waals surface area contributed by atoms with Crippen LogP contribution in [0.1, 0.15) is 11.1 Å². The smallest absolute Gasteiger partial charge is 0.422 e. The summed E-state index contributed by atoms with van der Waals surface area (Å²) in [6.07, 6.45) is -4.41. The number of guanidine groups is 1. The van der Waals surface area contributed by atoms with E-state index in [4.69, 9.17) is 14.2 Å². The molecule has 0 amide bonds. The number of aliphatic imine (C=N–C) groups is 1. The van der Waals surface area contributed by atoms with Crippen molar-refractivity contribution in [3.63, 3.8) is 0 Å². The van der Waals surface area contributed by atoms with E-state index in [1.165, 1.54) is 13.2 Å². The van der Waals surface area contributed by atoms with Gasteiger partial charge < -0.3 is 24.8 Å². The minimum atomic E-state index is -4.41. The number of hydrogen-bond acceptors (Lipinski definition) is 4. The number of nitrogens with zero attached hydrogens (tertiary/aromatic N) is 1. The fourth-order valence-electron chi connectivity index (χ4n) is 2.44. The molecule has 0 aliphatic rings. The number of ether oxygens (including phenoxy) is 3. The van der Waals surface area contributed by atoms with Gasteiger partial charge in [-0.15, -0.1) is 24.0 Å². The highest BCUT2D eigenvalue weighted by Crippen LogP contribution is 2.29. The average molecular weight is 539 g/mol. The van der Waals surface area contributed by atoms with Gasteiger partial charge in [0.05, 0.1) is 14.2 Å². The van der Waals surface area contributed by atoms with Crippen molar-refractivity contribution in [1.82, 2.24) is 10.6 Å². The molecular weight excluding hydrogens is 514 g/mol. The van der Waals surface area contributed by atoms with Crippen LogP contribution in [0.4, 0.5) is 13.2 Å². The molecule has 0 fully saturated rings. The molecule has 2 aromatic rings. The number of hydrogen-bond donors (Lipinski definition) is 2. The largest absolute Gasteiger partial charge is 0.497 e. The maximum Gasteiger partial charge on any atom is 0.422 e. The molecular formula is C20H25F3IN3O3. The highest BCUT2D eigenvalue weighted by molar-refractivity contribution is 14.0. The first-order valence-electron chi connectivity index (χ1n) is 8.78. The van der Waals surface area contributed by atoms with Gasteiger partial charge in [0.2, 0.25) is 0 Å². The molecule has 0 aliphatic carbocycles. The zero-order valence-corrected chi connectivity index (χ0v) is 19.2. The van der Waals surface area contributed by atoms with Gasteiger partial charge in [0.1, 0.15) is 5.75 Å². The van der Waals surface area contributed by atoms with Crippen LogP contribution >= 0.6 is 24.0 Å². The molecule has 10 heteroatoms. The minimum absolute atomic E-state index is 0. The molecule has 0 atom stereocenters. The first-order valence-corrected chi connectivity index (χ1v) is 8.78. The Morgan fingerprint density at radius 1 is 0.900 bits per heavy atom. The van der Waals surface area contributed by atoms with Crippen LogP contribution < -0.4 is 24.8 Å². The molecule has 0 spiro atoms. The second kappa shape index (κ2) is 12.4. The van der Waals surface area contributed by atoms with Crippen LogP contribution in [-0.2, 0) is 13.1 Å². The van der Waals surface area contributed by atoms with Crippen LogP contribution in [0.3, 0.4) is 0 Å². The molecule has 0 saturated heterocycles. The number of benzene rings is 2. The number of rotatable bonds is 8. The Kier molecular flexibility index (Phi) is 10.6. The standard InChI is InChI=1S/C20H24F3N3O3.HI/c1-24-19(25-11-14-4-7-16(27-2)8-5-14)26-12-15-6-9-17(18(10-15)28-3)29-13-20(21,22)23;/h4-10H,11-13H2,1-3H3,(H2,24,25,26);1H. The van der Waals surface area contributed by atoms with E-state index in [0.29, 0.717) is 19.0 Å². The van der Waals surface area contributed by atoms with Crippen molar-refractivity contribution in [3.05, 3.63) is 53.6 Å². The lowest BCUT2D eigenvalue weighted by atomic mass is 10.2. The number of methoxy groups -OCH3 is 2. The molecule has 0 bridgehead atoms. The molecule has 0 heterocycles. The zero-order chi connectivity index (χ0) is 21.3. The molecule has 2 N–H and O–H groups in total. The Bertz CT molecular complexity index is 815. The lowest BCUT2D eigenvalue weighted by Crippen LogP contribution is -2.36. The third-order valence-electron chi connectivity index (χ3n) is 3.92. The highest BCUT2D eigenvalue weighted by Gasteiger charge is 2.29. The van der Waals surface area contributed by atoms with Crippen molar-refractivity contribution < 1.29 is 27.4 Å². The van der Waals surface area contributed by atoms with Crippen molar-refractivity contribution in [2.75, 3.05) is 27.9 Å². The summed E-state index contributed by atoms with van der Waals surface area (Å²) in [5.74, 6) is 1.63. The quantitative estimate of drug-likeness (QED) is 0.300. The Morgan fingerprint density at radius 3 is 2.03 bits per heavy atom. The molecule has 0 radical (unpaired) electrons. The number of halogens is 4. The van der Waals surface area contributed by atoms with Crippen LogP contribution in [0.15, 0.2) is 47.5 Å². The van der Waals surface area contributed by atoms with Gasteiger partial charge in [0, 0.05) is 20.1 Å². The van der Waals surface area contributed by atoms with Crippen molar-refractivity contribution >= 4 is 29.9 Å². The third kappa shape index (κ3) is 8.56. The van der Waals surface area contributed by atoms with Crippen molar-refractivity contribution in [2.45, 2.75) is 19.3 Å². The van der Waals surface area contributed by atoms with Crippen molar-refractivity contribution in [2.24, 2.45) is 4.99 Å². The van der Waals surface area contributed by atoms with E-state index < -0.39 is 12.8 Å². The van der Waals surface area contributed by atoms with Crippen LogP contribution in [0.25, 0.3) is 0 Å². The van der Waals surface area contributed by atoms with Gasteiger partial charge in [0.15, 0.2) is 24.1 Å². The SMILES string of the molecule is CN=C(NCc1ccc(OC)cc1)NCc1ccc(OCC(F)(F)F)c(OC)c1.I. The summed E-state index contributed by atoms with van der Waals surface area (Å²) in [4.78, 5) is 4.16. The number of alkyl halides is 3. The molecule has 166 valence electrons. The lowest BCUT2D eigenvalue weighted by molar-refractivity contribution is -0.153. The van der Waals surface area contributed by atoms with E-state index in [2.05, 4.69) is 15.6 Å². The van der Waals surface area contributed by atoms with Gasteiger partial charge in [-0.3, -0.25) is 4.99 Å². The van der Waals surface area contributed by atoms with Crippen LogP contribution in [0.2, 0.25) is 0 Å². The topological polar surface area (TPSA) is 64.1 Å². The van der Waals surface area contributed by atoms with Gasteiger partial charge in [0.25, 0.3) is 0 Å². The first-order chi connectivity index (χ1) is 13.8. The average Bonchev–Trinajstić information content (AvgIpc) is 2.72. The normalized spacial score (nSPS) is 11.3. The monoisotopic (exact) mass is 539 g/mol. The second-order valence-electron chi connectivity index (χ2n) is 6.02. The molecule has 0 aliphatic heterocycles. The predicted octanol–water partition coefficient (Wildman–Crippen LogP) is 4.13. The predicted molar refractivity (Wildman–Crippen MR) is 120 cm³/mol. The highest BCUT2D eigenvalue weighted by atomic mass is 127. The Balaban J connectivity index is 0.00000450. The summed E-state index contributed by atoms with van der Waals surface area (Å²) in [6.45, 7) is -0.404. The first kappa shape index (κ1) is 25.7. The fraction of sp³-hybridized carbons (Fsp3) is 0.350. The fourth-order valence-corrected chi connectivity index (χ4v) is 2.44. The maximum atomic E-state index is 12.3. The zero-order valence-electron chi connectivity index (χ0n) is 16.9. The van der Waals surface area contributed by atoms with E-state index in [1.807, 2.05) is 24.3 Å². The van der Waals surface area contributed by atoms with Crippen LogP contribution in [0.5, 0.6) is 17.2 Å². The van der Waals surface area contributed by atoms with E-state index >= 15 is 0 Å². The minimum Gasteiger partial charge on any atom is -0.497 e. The lowest BCUT2D eigenvalue weighted by Gasteiger charge is -2.15. The molecule has 30 heavy (non-hydrogen) atoms. The van der Waals surface area contributed by atoms with Gasteiger partial charge in [-0.1, -0.05) is 18.2 Å². The Labute approximate surface area is 190 Å². The molecule has 0 aromatic heterocycles. The summed E-state index contributed by atoms with van der Waals surface area (Å²) >= 11 is 0. The van der Waals surface area contributed by atoms with Crippen LogP contribution in [-0.4, -0.2) is 40.0 Å². The Hall–Kier alpha value is -2.37. The number of nitrogens with one attached hydrogen (secondary N) is 2. The maximum absolute atomic E-state index is 12.3. The molecule has 2 aromatic carbocycles. The van der Waals surface area contributed by atoms with E-state index in [-0.39, 0.29) is 35.5 Å². The summed E-state index contributed by atoms with van der Waals surface area (Å²) < 4.78 is 52.1. The molecule has 6 nitrogen and oxygen atoms in total. The van der Waals surface area contributed by atoms with Crippen molar-refractivity contribution in [3.8, 4) is 17.2 Å². The Morgan fingerprint density at radius 2 is 1.50 bits per heavy atom. The van der Waals surface area contributed by atoms with E-state index in [0.717, 1.165) is 16.9 Å². The molecule has 2 rings (SSSR count). The van der Waals surface area contributed by atoms with E-state index in [9.17, 15) is 13.2 Å². The third-order valence-corrected chi connectivity index (χ3v) is 3.92. The van der Waals surface area contributed by atoms with Gasteiger partial charge in [-0.05, 0) is 35.4 Å². The summed E-state index contributed by atoms with van der Waals surface area (Å²) in [6, 6.07) is 12.4. The molecule has 0 saturated carbocycles. The second-order valence-corrected chi connectivity index (χ2v) is 6.02. The summed E-state index contributed by atoms with van der Waals surface area (Å²) in [7, 11) is 4.64. The molecule has 0 unspecified atom stereocenters. The summed E-state index contributed by atoms with van der Waals surface area (Å²) in [5, 5.41) is 6.33. The van der Waals surface area contributed by atoms with Gasteiger partial charge in [-0.2, -0.15) is 13.2 Å². The van der Waals surface area contributed by atoms with Crippen LogP contribution in [0, 0.1) is 0 Å². The van der Waals surface area contributed by atoms with E-state index in [1.54, 1.807) is 26.3 Å². The van der Waals surface area contributed by atoms with Crippen molar-refractivity contribution in [1.29, 1.82) is 0 Å². The van der Waals surface area contributed by atoms with Gasteiger partial charge >= 0.3 is 6.18 Å². The summed E-state index contributed by atoms with van der Waals surface area (Å²) in [5.41, 5.74) is 1.86. The van der Waals surface area contributed by atoms with Gasteiger partial charge in [-0.25, -0.2) is 0 Å².